The molecule has 0 aromatic carbocycles. The molecule has 1 aromatic rings. The fourth-order valence-corrected chi connectivity index (χ4v) is 4.13. The molecule has 2 rings (SSSR count). The molecular weight excluding hydrogens is 505 g/mol. The maximum Gasteiger partial charge on any atom is 0.193 e. The predicted octanol–water partition coefficient (Wildman–Crippen LogP) is 4.07. The van der Waals surface area contributed by atoms with Gasteiger partial charge in [0.25, 0.3) is 0 Å². The van der Waals surface area contributed by atoms with E-state index in [9.17, 15) is 0 Å². The van der Waals surface area contributed by atoms with E-state index in [-0.39, 0.29) is 24.0 Å². The number of guanidine groups is 1. The summed E-state index contributed by atoms with van der Waals surface area (Å²) in [6, 6.07) is 2.93. The minimum Gasteiger partial charge on any atom is -0.356 e. The molecule has 1 fully saturated rings. The van der Waals surface area contributed by atoms with Gasteiger partial charge in [0.2, 0.25) is 0 Å². The molecule has 1 unspecified atom stereocenters. The summed E-state index contributed by atoms with van der Waals surface area (Å²) in [5, 5.41) is 3.50. The van der Waals surface area contributed by atoms with Gasteiger partial charge in [0.05, 0.1) is 6.54 Å². The Labute approximate surface area is 184 Å². The van der Waals surface area contributed by atoms with Crippen molar-refractivity contribution in [3.8, 4) is 0 Å². The van der Waals surface area contributed by atoms with Crippen LogP contribution < -0.4 is 5.32 Å². The summed E-state index contributed by atoms with van der Waals surface area (Å²) in [6.45, 7) is 6.71. The van der Waals surface area contributed by atoms with E-state index in [0.29, 0.717) is 0 Å². The van der Waals surface area contributed by atoms with Gasteiger partial charge in [0.15, 0.2) is 5.96 Å². The quantitative estimate of drug-likeness (QED) is 0.245. The van der Waals surface area contributed by atoms with Gasteiger partial charge in [0, 0.05) is 50.1 Å². The van der Waals surface area contributed by atoms with Crippen molar-refractivity contribution in [2.45, 2.75) is 51.6 Å². The highest BCUT2D eigenvalue weighted by Gasteiger charge is 2.17. The molecule has 1 atom stereocenters. The van der Waals surface area contributed by atoms with E-state index >= 15 is 0 Å². The number of nitrogens with one attached hydrogen (secondary N) is 1. The standard InChI is InChI=1S/C19H34BrN5.HI/c1-16-9-5-7-11-25(16)12-8-6-10-22-19(21-2)24(4)15-18-13-17(20)14-23(18)3;/h13-14,16H,5-12,15H2,1-4H3,(H,21,22);1H. The molecule has 1 aliphatic rings. The lowest BCUT2D eigenvalue weighted by Gasteiger charge is -2.33. The number of nitrogens with zero attached hydrogens (tertiary/aromatic N) is 4. The van der Waals surface area contributed by atoms with Gasteiger partial charge in [-0.05, 0) is 67.7 Å². The highest BCUT2D eigenvalue weighted by molar-refractivity contribution is 14.0. The highest BCUT2D eigenvalue weighted by atomic mass is 127. The van der Waals surface area contributed by atoms with Crippen LogP contribution in [-0.2, 0) is 13.6 Å². The van der Waals surface area contributed by atoms with Gasteiger partial charge in [-0.3, -0.25) is 4.99 Å². The van der Waals surface area contributed by atoms with Gasteiger partial charge in [0.1, 0.15) is 0 Å². The number of rotatable bonds is 7. The second-order valence-electron chi connectivity index (χ2n) is 7.18. The third kappa shape index (κ3) is 7.38. The number of aromatic nitrogens is 1. The maximum atomic E-state index is 4.42. The van der Waals surface area contributed by atoms with Gasteiger partial charge < -0.3 is 19.7 Å². The molecule has 150 valence electrons. The fourth-order valence-electron chi connectivity index (χ4n) is 3.56. The van der Waals surface area contributed by atoms with Crippen molar-refractivity contribution in [3.63, 3.8) is 0 Å². The Hall–Kier alpha value is -0.280. The summed E-state index contributed by atoms with van der Waals surface area (Å²) >= 11 is 3.53. The van der Waals surface area contributed by atoms with E-state index in [0.717, 1.165) is 29.6 Å². The smallest absolute Gasteiger partial charge is 0.193 e. The number of halogens is 2. The van der Waals surface area contributed by atoms with Crippen LogP contribution in [0.4, 0.5) is 0 Å². The van der Waals surface area contributed by atoms with E-state index in [1.54, 1.807) is 0 Å². The largest absolute Gasteiger partial charge is 0.356 e. The average Bonchev–Trinajstić information content (AvgIpc) is 2.89. The minimum absolute atomic E-state index is 0. The summed E-state index contributed by atoms with van der Waals surface area (Å²) in [7, 11) is 6.02. The topological polar surface area (TPSA) is 35.8 Å². The number of aliphatic imine (C=N–C) groups is 1. The van der Waals surface area contributed by atoms with E-state index in [1.165, 1.54) is 50.9 Å². The molecule has 1 aromatic heterocycles. The summed E-state index contributed by atoms with van der Waals surface area (Å²) in [5.74, 6) is 0.962. The first kappa shape index (κ1) is 23.8. The van der Waals surface area contributed by atoms with Crippen LogP contribution in [0, 0.1) is 0 Å². The lowest BCUT2D eigenvalue weighted by atomic mass is 10.0. The van der Waals surface area contributed by atoms with E-state index in [1.807, 2.05) is 7.05 Å². The molecule has 7 heteroatoms. The zero-order valence-electron chi connectivity index (χ0n) is 16.7. The van der Waals surface area contributed by atoms with Crippen LogP contribution in [0.5, 0.6) is 0 Å². The molecule has 1 aliphatic heterocycles. The molecule has 2 heterocycles. The van der Waals surface area contributed by atoms with Crippen molar-refractivity contribution in [3.05, 3.63) is 22.4 Å². The van der Waals surface area contributed by atoms with Gasteiger partial charge in [-0.15, -0.1) is 24.0 Å². The number of likely N-dealkylation sites (tertiary alicyclic amines) is 1. The van der Waals surface area contributed by atoms with Crippen LogP contribution in [0.25, 0.3) is 0 Å². The van der Waals surface area contributed by atoms with Gasteiger partial charge in [-0.25, -0.2) is 0 Å². The molecule has 5 nitrogen and oxygen atoms in total. The number of hydrogen-bond acceptors (Lipinski definition) is 2. The Bertz CT molecular complexity index is 560. The molecule has 0 aliphatic carbocycles. The third-order valence-electron chi connectivity index (χ3n) is 5.14. The number of unbranched alkanes of at least 4 members (excludes halogenated alkanes) is 1. The molecule has 0 amide bonds. The molecule has 0 radical (unpaired) electrons. The van der Waals surface area contributed by atoms with Crippen LogP contribution in [0.15, 0.2) is 21.7 Å². The van der Waals surface area contributed by atoms with Crippen LogP contribution in [0.2, 0.25) is 0 Å². The first-order chi connectivity index (χ1) is 12.0. The molecule has 0 bridgehead atoms. The van der Waals surface area contributed by atoms with Gasteiger partial charge in [-0.2, -0.15) is 0 Å². The second kappa shape index (κ2) is 12.2. The lowest BCUT2D eigenvalue weighted by molar-refractivity contribution is 0.158. The lowest BCUT2D eigenvalue weighted by Crippen LogP contribution is -2.40. The van der Waals surface area contributed by atoms with E-state index in [4.69, 9.17) is 0 Å². The normalized spacial score (nSPS) is 18.5. The molecular formula is C19H35BrIN5. The van der Waals surface area contributed by atoms with Crippen molar-refractivity contribution in [1.82, 2.24) is 19.7 Å². The predicted molar refractivity (Wildman–Crippen MR) is 125 cm³/mol. The Balaban J connectivity index is 0.00000338. The van der Waals surface area contributed by atoms with E-state index in [2.05, 4.69) is 73.9 Å². The summed E-state index contributed by atoms with van der Waals surface area (Å²) in [5.41, 5.74) is 1.26. The molecule has 0 spiro atoms. The number of hydrogen-bond donors (Lipinski definition) is 1. The Morgan fingerprint density at radius 1 is 1.38 bits per heavy atom. The molecule has 26 heavy (non-hydrogen) atoms. The third-order valence-corrected chi connectivity index (χ3v) is 5.58. The monoisotopic (exact) mass is 539 g/mol. The first-order valence-corrected chi connectivity index (χ1v) is 10.3. The zero-order chi connectivity index (χ0) is 18.2. The van der Waals surface area contributed by atoms with Crippen LogP contribution >= 0.6 is 39.9 Å². The van der Waals surface area contributed by atoms with Crippen molar-refractivity contribution < 1.29 is 0 Å². The van der Waals surface area contributed by atoms with Crippen LogP contribution in [0.1, 0.15) is 44.7 Å². The fraction of sp³-hybridized carbons (Fsp3) is 0.737. The Morgan fingerprint density at radius 2 is 2.15 bits per heavy atom. The Morgan fingerprint density at radius 3 is 2.77 bits per heavy atom. The summed E-state index contributed by atoms with van der Waals surface area (Å²) < 4.78 is 3.27. The summed E-state index contributed by atoms with van der Waals surface area (Å²) in [6.07, 6.45) is 8.66. The van der Waals surface area contributed by atoms with Crippen molar-refractivity contribution >= 4 is 45.9 Å². The minimum atomic E-state index is 0. The van der Waals surface area contributed by atoms with Crippen molar-refractivity contribution in [1.29, 1.82) is 0 Å². The summed E-state index contributed by atoms with van der Waals surface area (Å²) in [4.78, 5) is 9.25. The Kier molecular flexibility index (Phi) is 11.2. The van der Waals surface area contributed by atoms with Crippen LogP contribution in [0.3, 0.4) is 0 Å². The SMILES string of the molecule is CN=C(NCCCCN1CCCCC1C)N(C)Cc1cc(Br)cn1C.I. The average molecular weight is 540 g/mol. The van der Waals surface area contributed by atoms with Crippen molar-refractivity contribution in [2.75, 3.05) is 33.7 Å². The highest BCUT2D eigenvalue weighted by Crippen LogP contribution is 2.17. The number of piperidine rings is 1. The van der Waals surface area contributed by atoms with Crippen LogP contribution in [-0.4, -0.2) is 60.1 Å². The molecule has 0 saturated carbocycles. The maximum absolute atomic E-state index is 4.42. The van der Waals surface area contributed by atoms with Gasteiger partial charge in [-0.1, -0.05) is 6.42 Å². The molecule has 1 saturated heterocycles. The zero-order valence-corrected chi connectivity index (χ0v) is 20.6. The van der Waals surface area contributed by atoms with Gasteiger partial charge >= 0.3 is 0 Å². The first-order valence-electron chi connectivity index (χ1n) is 9.48. The molecule has 1 N–H and O–H groups in total. The van der Waals surface area contributed by atoms with E-state index < -0.39 is 0 Å². The van der Waals surface area contributed by atoms with Crippen molar-refractivity contribution in [2.24, 2.45) is 12.0 Å². The number of aryl methyl sites for hydroxylation is 1. The second-order valence-corrected chi connectivity index (χ2v) is 8.09.